The molecule has 0 spiro atoms. The lowest BCUT2D eigenvalue weighted by Crippen LogP contribution is -2.37. The number of nitrogens with two attached hydrogens (primary N) is 1. The summed E-state index contributed by atoms with van der Waals surface area (Å²) in [5, 5.41) is 2.19. The number of carbonyl (C=O) groups is 1. The van der Waals surface area contributed by atoms with Gasteiger partial charge in [-0.05, 0) is 29.8 Å². The van der Waals surface area contributed by atoms with E-state index in [1.807, 2.05) is 49.4 Å². The minimum atomic E-state index is -0.0143. The zero-order chi connectivity index (χ0) is 14.7. The largest absolute Gasteiger partial charge is 0.393 e. The average molecular weight is 286 g/mol. The summed E-state index contributed by atoms with van der Waals surface area (Å²) >= 11 is 4.90. The number of benzene rings is 2. The summed E-state index contributed by atoms with van der Waals surface area (Å²) in [6.45, 7) is 1.94. The van der Waals surface area contributed by atoms with Gasteiger partial charge in [0.1, 0.15) is 0 Å². The van der Waals surface area contributed by atoms with Gasteiger partial charge in [0.2, 0.25) is 0 Å². The third kappa shape index (κ3) is 3.14. The Morgan fingerprint density at radius 1 is 1.25 bits per heavy atom. The zero-order valence-electron chi connectivity index (χ0n) is 11.7. The molecule has 2 rings (SSSR count). The molecular formula is C16H18N2OS. The Morgan fingerprint density at radius 3 is 2.55 bits per heavy atom. The standard InChI is InChI=1S/C16H18N2OS/c1-11(9-15(17)20)18(2)16(19)14-8-7-12-5-3-4-6-13(12)10-14/h3-8,10-11H,9H2,1-2H3,(H2,17,20). The molecule has 4 heteroatoms. The van der Waals surface area contributed by atoms with Gasteiger partial charge >= 0.3 is 0 Å². The second kappa shape index (κ2) is 6.01. The van der Waals surface area contributed by atoms with E-state index in [0.29, 0.717) is 17.0 Å². The maximum Gasteiger partial charge on any atom is 0.253 e. The van der Waals surface area contributed by atoms with Gasteiger partial charge in [-0.2, -0.15) is 0 Å². The lowest BCUT2D eigenvalue weighted by Gasteiger charge is -2.24. The van der Waals surface area contributed by atoms with Crippen LogP contribution in [0.15, 0.2) is 42.5 Å². The Labute approximate surface area is 124 Å². The Morgan fingerprint density at radius 2 is 1.90 bits per heavy atom. The number of fused-ring (bicyclic) bond motifs is 1. The fraction of sp³-hybridized carbons (Fsp3) is 0.250. The predicted molar refractivity (Wildman–Crippen MR) is 86.9 cm³/mol. The monoisotopic (exact) mass is 286 g/mol. The average Bonchev–Trinajstić information content (AvgIpc) is 2.44. The van der Waals surface area contributed by atoms with Crippen LogP contribution in [0.5, 0.6) is 0 Å². The fourth-order valence-electron chi connectivity index (χ4n) is 2.15. The molecule has 1 atom stereocenters. The van der Waals surface area contributed by atoms with Gasteiger partial charge in [0.15, 0.2) is 0 Å². The molecular weight excluding hydrogens is 268 g/mol. The quantitative estimate of drug-likeness (QED) is 0.879. The van der Waals surface area contributed by atoms with E-state index in [1.165, 1.54) is 0 Å². The van der Waals surface area contributed by atoms with Crippen molar-refractivity contribution in [1.29, 1.82) is 0 Å². The normalized spacial score (nSPS) is 12.1. The molecule has 0 saturated carbocycles. The second-order valence-electron chi connectivity index (χ2n) is 5.00. The molecule has 0 fully saturated rings. The minimum absolute atomic E-state index is 0.00790. The van der Waals surface area contributed by atoms with Crippen LogP contribution in [0.25, 0.3) is 10.8 Å². The van der Waals surface area contributed by atoms with Gasteiger partial charge < -0.3 is 10.6 Å². The molecule has 0 heterocycles. The Hall–Kier alpha value is -1.94. The fourth-order valence-corrected chi connectivity index (χ4v) is 2.40. The highest BCUT2D eigenvalue weighted by atomic mass is 32.1. The van der Waals surface area contributed by atoms with Gasteiger partial charge in [-0.3, -0.25) is 4.79 Å². The highest BCUT2D eigenvalue weighted by Crippen LogP contribution is 2.17. The number of rotatable bonds is 4. The summed E-state index contributed by atoms with van der Waals surface area (Å²) in [5.41, 5.74) is 6.22. The molecule has 2 N–H and O–H groups in total. The SMILES string of the molecule is CC(CC(N)=S)N(C)C(=O)c1ccc2ccccc2c1. The first-order chi connectivity index (χ1) is 9.49. The van der Waals surface area contributed by atoms with E-state index in [2.05, 4.69) is 0 Å². The summed E-state index contributed by atoms with van der Waals surface area (Å²) in [5.74, 6) is -0.0143. The third-order valence-corrected chi connectivity index (χ3v) is 3.64. The number of hydrogen-bond acceptors (Lipinski definition) is 2. The van der Waals surface area contributed by atoms with Crippen LogP contribution >= 0.6 is 12.2 Å². The van der Waals surface area contributed by atoms with Gasteiger partial charge in [-0.1, -0.05) is 42.5 Å². The maximum atomic E-state index is 12.5. The van der Waals surface area contributed by atoms with E-state index in [-0.39, 0.29) is 11.9 Å². The van der Waals surface area contributed by atoms with Crippen LogP contribution < -0.4 is 5.73 Å². The van der Waals surface area contributed by atoms with Crippen molar-refractivity contribution in [1.82, 2.24) is 4.90 Å². The van der Waals surface area contributed by atoms with Crippen molar-refractivity contribution in [3.05, 3.63) is 48.0 Å². The van der Waals surface area contributed by atoms with Crippen molar-refractivity contribution in [2.24, 2.45) is 5.73 Å². The molecule has 3 nitrogen and oxygen atoms in total. The van der Waals surface area contributed by atoms with Gasteiger partial charge in [0.05, 0.1) is 4.99 Å². The molecule has 0 radical (unpaired) electrons. The number of carbonyl (C=O) groups excluding carboxylic acids is 1. The Bertz CT molecular complexity index is 654. The molecule has 0 aliphatic rings. The molecule has 0 bridgehead atoms. The van der Waals surface area contributed by atoms with Crippen LogP contribution in [-0.4, -0.2) is 28.9 Å². The maximum absolute atomic E-state index is 12.5. The number of amides is 1. The van der Waals surface area contributed by atoms with E-state index in [1.54, 1.807) is 11.9 Å². The molecule has 20 heavy (non-hydrogen) atoms. The molecule has 1 unspecified atom stereocenters. The Balaban J connectivity index is 2.24. The second-order valence-corrected chi connectivity index (χ2v) is 5.52. The number of hydrogen-bond donors (Lipinski definition) is 1. The van der Waals surface area contributed by atoms with E-state index in [4.69, 9.17) is 18.0 Å². The van der Waals surface area contributed by atoms with E-state index >= 15 is 0 Å². The van der Waals surface area contributed by atoms with Crippen molar-refractivity contribution in [3.63, 3.8) is 0 Å². The molecule has 104 valence electrons. The number of nitrogens with zero attached hydrogens (tertiary/aromatic N) is 1. The molecule has 2 aromatic carbocycles. The summed E-state index contributed by atoms with van der Waals surface area (Å²) in [4.78, 5) is 14.6. The predicted octanol–water partition coefficient (Wildman–Crippen LogP) is 2.98. The van der Waals surface area contributed by atoms with Crippen molar-refractivity contribution >= 4 is 33.9 Å². The van der Waals surface area contributed by atoms with Crippen LogP contribution in [0.2, 0.25) is 0 Å². The third-order valence-electron chi connectivity index (χ3n) is 3.47. The summed E-state index contributed by atoms with van der Waals surface area (Å²) in [6, 6.07) is 13.7. The smallest absolute Gasteiger partial charge is 0.253 e. The topological polar surface area (TPSA) is 46.3 Å². The first-order valence-corrected chi connectivity index (χ1v) is 6.94. The lowest BCUT2D eigenvalue weighted by atomic mass is 10.1. The van der Waals surface area contributed by atoms with Crippen LogP contribution in [0.3, 0.4) is 0 Å². The zero-order valence-corrected chi connectivity index (χ0v) is 12.5. The van der Waals surface area contributed by atoms with Crippen molar-refractivity contribution < 1.29 is 4.79 Å². The van der Waals surface area contributed by atoms with Gasteiger partial charge in [-0.15, -0.1) is 0 Å². The molecule has 0 saturated heterocycles. The number of thiocarbonyl (C=S) groups is 1. The van der Waals surface area contributed by atoms with Crippen LogP contribution in [0, 0.1) is 0 Å². The molecule has 0 aliphatic carbocycles. The molecule has 2 aromatic rings. The summed E-state index contributed by atoms with van der Waals surface area (Å²) in [6.07, 6.45) is 0.533. The van der Waals surface area contributed by atoms with E-state index in [0.717, 1.165) is 10.8 Å². The van der Waals surface area contributed by atoms with Crippen LogP contribution in [0.1, 0.15) is 23.7 Å². The van der Waals surface area contributed by atoms with Crippen LogP contribution in [0.4, 0.5) is 0 Å². The van der Waals surface area contributed by atoms with Gasteiger partial charge in [0.25, 0.3) is 5.91 Å². The van der Waals surface area contributed by atoms with Crippen molar-refractivity contribution in [3.8, 4) is 0 Å². The van der Waals surface area contributed by atoms with E-state index < -0.39 is 0 Å². The van der Waals surface area contributed by atoms with Gasteiger partial charge in [0, 0.05) is 25.1 Å². The first-order valence-electron chi connectivity index (χ1n) is 6.53. The summed E-state index contributed by atoms with van der Waals surface area (Å²) in [7, 11) is 1.78. The van der Waals surface area contributed by atoms with Crippen molar-refractivity contribution in [2.75, 3.05) is 7.05 Å². The highest BCUT2D eigenvalue weighted by Gasteiger charge is 2.18. The Kier molecular flexibility index (Phi) is 4.35. The summed E-state index contributed by atoms with van der Waals surface area (Å²) < 4.78 is 0. The minimum Gasteiger partial charge on any atom is -0.393 e. The molecule has 0 aromatic heterocycles. The van der Waals surface area contributed by atoms with E-state index in [9.17, 15) is 4.79 Å². The van der Waals surface area contributed by atoms with Gasteiger partial charge in [-0.25, -0.2) is 0 Å². The first kappa shape index (κ1) is 14.5. The molecule has 0 aliphatic heterocycles. The van der Waals surface area contributed by atoms with Crippen molar-refractivity contribution in [2.45, 2.75) is 19.4 Å². The van der Waals surface area contributed by atoms with Crippen LogP contribution in [-0.2, 0) is 0 Å². The highest BCUT2D eigenvalue weighted by molar-refractivity contribution is 7.80. The lowest BCUT2D eigenvalue weighted by molar-refractivity contribution is 0.0748. The molecule has 1 amide bonds.